The Labute approximate surface area is 82.0 Å². The minimum atomic E-state index is -0.408. The summed E-state index contributed by atoms with van der Waals surface area (Å²) in [5, 5.41) is 12.1. The van der Waals surface area contributed by atoms with E-state index < -0.39 is 5.43 Å². The summed E-state index contributed by atoms with van der Waals surface area (Å²) in [7, 11) is 3.60. The van der Waals surface area contributed by atoms with Gasteiger partial charge in [0.25, 0.3) is 0 Å². The smallest absolute Gasteiger partial charge is 0.249 e. The predicted molar refractivity (Wildman–Crippen MR) is 53.8 cm³/mol. The number of rotatable bonds is 4. The van der Waals surface area contributed by atoms with Gasteiger partial charge >= 0.3 is 0 Å². The number of hydrogen-bond acceptors (Lipinski definition) is 5. The molecule has 0 fully saturated rings. The molecule has 0 aliphatic carbocycles. The molecule has 0 aliphatic heterocycles. The highest BCUT2D eigenvalue weighted by atomic mass is 16.3. The van der Waals surface area contributed by atoms with Crippen molar-refractivity contribution in [1.82, 2.24) is 5.32 Å². The molecule has 0 saturated heterocycles. The number of hydrogen-bond donors (Lipinski definition) is 2. The van der Waals surface area contributed by atoms with Gasteiger partial charge in [-0.25, -0.2) is 0 Å². The molecule has 0 unspecified atom stereocenters. The van der Waals surface area contributed by atoms with Crippen LogP contribution in [0.15, 0.2) is 21.7 Å². The molecule has 1 aromatic rings. The van der Waals surface area contributed by atoms with Crippen molar-refractivity contribution in [3.8, 4) is 5.75 Å². The highest BCUT2D eigenvalue weighted by molar-refractivity contribution is 5.45. The second-order valence-electron chi connectivity index (χ2n) is 3.00. The van der Waals surface area contributed by atoms with Crippen molar-refractivity contribution < 1.29 is 9.52 Å². The lowest BCUT2D eigenvalue weighted by Crippen LogP contribution is -2.30. The third-order valence-electron chi connectivity index (χ3n) is 1.93. The fraction of sp³-hybridized carbons (Fsp3) is 0.444. The first kappa shape index (κ1) is 10.6. The largest absolute Gasteiger partial charge is 0.502 e. The molecule has 5 heteroatoms. The van der Waals surface area contributed by atoms with Crippen molar-refractivity contribution in [1.29, 1.82) is 0 Å². The van der Waals surface area contributed by atoms with Gasteiger partial charge in [-0.2, -0.15) is 0 Å². The molecule has 0 aromatic carbocycles. The van der Waals surface area contributed by atoms with Gasteiger partial charge < -0.3 is 19.7 Å². The molecule has 5 nitrogen and oxygen atoms in total. The highest BCUT2D eigenvalue weighted by Crippen LogP contribution is 2.10. The lowest BCUT2D eigenvalue weighted by Gasteiger charge is -2.17. The van der Waals surface area contributed by atoms with Crippen LogP contribution in [0.25, 0.3) is 0 Å². The molecular weight excluding hydrogens is 184 g/mol. The standard InChI is InChI=1S/C9H14N2O3/c1-10-3-4-11(2)7-5-14-6-8(12)9(7)13/h5-6,10,12H,3-4H2,1-2H3. The van der Waals surface area contributed by atoms with Gasteiger partial charge in [-0.3, -0.25) is 4.79 Å². The third kappa shape index (κ3) is 2.26. The lowest BCUT2D eigenvalue weighted by atomic mass is 10.3. The molecule has 1 aromatic heterocycles. The zero-order valence-electron chi connectivity index (χ0n) is 8.28. The molecule has 0 aliphatic rings. The van der Waals surface area contributed by atoms with Gasteiger partial charge in [0.1, 0.15) is 18.2 Å². The van der Waals surface area contributed by atoms with Crippen LogP contribution in [0.1, 0.15) is 0 Å². The molecule has 0 spiro atoms. The van der Waals surface area contributed by atoms with Crippen LogP contribution in [0, 0.1) is 0 Å². The Morgan fingerprint density at radius 1 is 1.57 bits per heavy atom. The van der Waals surface area contributed by atoms with E-state index in [-0.39, 0.29) is 5.75 Å². The van der Waals surface area contributed by atoms with Crippen LogP contribution in [0.2, 0.25) is 0 Å². The van der Waals surface area contributed by atoms with Crippen LogP contribution in [-0.2, 0) is 0 Å². The molecule has 0 atom stereocenters. The van der Waals surface area contributed by atoms with E-state index in [1.54, 1.807) is 11.9 Å². The number of nitrogens with zero attached hydrogens (tertiary/aromatic N) is 1. The van der Waals surface area contributed by atoms with E-state index in [2.05, 4.69) is 5.32 Å². The van der Waals surface area contributed by atoms with Crippen LogP contribution in [0.5, 0.6) is 5.75 Å². The fourth-order valence-electron chi connectivity index (χ4n) is 1.06. The molecule has 0 bridgehead atoms. The van der Waals surface area contributed by atoms with Crippen molar-refractivity contribution in [2.45, 2.75) is 0 Å². The van der Waals surface area contributed by atoms with Crippen molar-refractivity contribution in [3.05, 3.63) is 22.7 Å². The van der Waals surface area contributed by atoms with Crippen LogP contribution >= 0.6 is 0 Å². The van der Waals surface area contributed by atoms with E-state index in [9.17, 15) is 4.79 Å². The Hall–Kier alpha value is -1.49. The summed E-state index contributed by atoms with van der Waals surface area (Å²) in [6, 6.07) is 0. The molecule has 0 radical (unpaired) electrons. The number of anilines is 1. The Morgan fingerprint density at radius 2 is 2.29 bits per heavy atom. The first-order valence-corrected chi connectivity index (χ1v) is 4.32. The average molecular weight is 198 g/mol. The van der Waals surface area contributed by atoms with E-state index in [1.165, 1.54) is 6.26 Å². The maximum Gasteiger partial charge on any atom is 0.249 e. The summed E-state index contributed by atoms with van der Waals surface area (Å²) in [4.78, 5) is 13.1. The lowest BCUT2D eigenvalue weighted by molar-refractivity contribution is 0.429. The Kier molecular flexibility index (Phi) is 3.53. The van der Waals surface area contributed by atoms with Gasteiger partial charge in [0, 0.05) is 20.1 Å². The van der Waals surface area contributed by atoms with Gasteiger partial charge in [-0.1, -0.05) is 0 Å². The van der Waals surface area contributed by atoms with Crippen molar-refractivity contribution >= 4 is 5.69 Å². The van der Waals surface area contributed by atoms with Gasteiger partial charge in [0.15, 0.2) is 0 Å². The SMILES string of the molecule is CNCCN(C)c1cocc(O)c1=O. The number of aromatic hydroxyl groups is 1. The molecule has 0 saturated carbocycles. The summed E-state index contributed by atoms with van der Waals surface area (Å²) >= 11 is 0. The molecule has 1 heterocycles. The first-order chi connectivity index (χ1) is 6.66. The minimum Gasteiger partial charge on any atom is -0.502 e. The quantitative estimate of drug-likeness (QED) is 0.713. The molecular formula is C9H14N2O3. The predicted octanol–water partition coefficient (Wildman–Crippen LogP) is 0.001000. The van der Waals surface area contributed by atoms with E-state index >= 15 is 0 Å². The zero-order valence-corrected chi connectivity index (χ0v) is 8.28. The number of nitrogens with one attached hydrogen (secondary N) is 1. The van der Waals surface area contributed by atoms with Gasteiger partial charge in [0.05, 0.1) is 0 Å². The average Bonchev–Trinajstić information content (AvgIpc) is 2.18. The van der Waals surface area contributed by atoms with Gasteiger partial charge in [-0.05, 0) is 7.05 Å². The van der Waals surface area contributed by atoms with E-state index in [0.717, 1.165) is 12.8 Å². The summed E-state index contributed by atoms with van der Waals surface area (Å²) in [6.07, 6.45) is 2.36. The summed E-state index contributed by atoms with van der Waals surface area (Å²) in [6.45, 7) is 1.43. The summed E-state index contributed by atoms with van der Waals surface area (Å²) in [5.41, 5.74) is -0.0462. The maximum atomic E-state index is 11.4. The molecule has 78 valence electrons. The highest BCUT2D eigenvalue weighted by Gasteiger charge is 2.09. The molecule has 1 rings (SSSR count). The molecule has 0 amide bonds. The Bertz CT molecular complexity index is 348. The van der Waals surface area contributed by atoms with E-state index in [0.29, 0.717) is 12.2 Å². The van der Waals surface area contributed by atoms with Crippen molar-refractivity contribution in [2.75, 3.05) is 32.1 Å². The van der Waals surface area contributed by atoms with Crippen molar-refractivity contribution in [2.24, 2.45) is 0 Å². The van der Waals surface area contributed by atoms with Crippen LogP contribution in [0.3, 0.4) is 0 Å². The maximum absolute atomic E-state index is 11.4. The van der Waals surface area contributed by atoms with Gasteiger partial charge in [0.2, 0.25) is 11.2 Å². The van der Waals surface area contributed by atoms with Gasteiger partial charge in [-0.15, -0.1) is 0 Å². The second kappa shape index (κ2) is 4.66. The minimum absolute atomic E-state index is 0.361. The molecule has 14 heavy (non-hydrogen) atoms. The van der Waals surface area contributed by atoms with Crippen LogP contribution < -0.4 is 15.6 Å². The normalized spacial score (nSPS) is 10.1. The Balaban J connectivity index is 2.84. The molecule has 2 N–H and O–H groups in total. The topological polar surface area (TPSA) is 65.7 Å². The number of likely N-dealkylation sites (N-methyl/N-ethyl adjacent to an activating group) is 2. The zero-order chi connectivity index (χ0) is 10.6. The second-order valence-corrected chi connectivity index (χ2v) is 3.00. The van der Waals surface area contributed by atoms with Crippen molar-refractivity contribution in [3.63, 3.8) is 0 Å². The summed E-state index contributed by atoms with van der Waals surface area (Å²) < 4.78 is 4.81. The summed E-state index contributed by atoms with van der Waals surface area (Å²) in [5.74, 6) is -0.362. The van der Waals surface area contributed by atoms with Crippen LogP contribution in [-0.4, -0.2) is 32.3 Å². The fourth-order valence-corrected chi connectivity index (χ4v) is 1.06. The van der Waals surface area contributed by atoms with Crippen LogP contribution in [0.4, 0.5) is 5.69 Å². The monoisotopic (exact) mass is 198 g/mol. The third-order valence-corrected chi connectivity index (χ3v) is 1.93. The van der Waals surface area contributed by atoms with E-state index in [4.69, 9.17) is 9.52 Å². The van der Waals surface area contributed by atoms with E-state index in [1.807, 2.05) is 7.05 Å². The first-order valence-electron chi connectivity index (χ1n) is 4.32. The Morgan fingerprint density at radius 3 is 2.93 bits per heavy atom.